The van der Waals surface area contributed by atoms with Gasteiger partial charge in [0.25, 0.3) is 0 Å². The molecule has 0 N–H and O–H groups in total. The molecule has 0 aromatic heterocycles. The van der Waals surface area contributed by atoms with Crippen LogP contribution in [0.15, 0.2) is 62.6 Å². The van der Waals surface area contributed by atoms with Gasteiger partial charge in [-0.3, -0.25) is 0 Å². The van der Waals surface area contributed by atoms with E-state index in [1.54, 1.807) is 0 Å². The molecule has 0 saturated heterocycles. The second kappa shape index (κ2) is 4.87. The van der Waals surface area contributed by atoms with Crippen molar-refractivity contribution < 1.29 is 0 Å². The molecule has 2 aromatic carbocycles. The van der Waals surface area contributed by atoms with Gasteiger partial charge in [-0.25, -0.2) is 0 Å². The van der Waals surface area contributed by atoms with Gasteiger partial charge in [0, 0.05) is 9.79 Å². The molecule has 1 heterocycles. The van der Waals surface area contributed by atoms with Gasteiger partial charge in [-0.1, -0.05) is 65.5 Å². The highest BCUT2D eigenvalue weighted by Crippen LogP contribution is 2.53. The zero-order chi connectivity index (χ0) is 12.5. The van der Waals surface area contributed by atoms with E-state index in [9.17, 15) is 0 Å². The Balaban J connectivity index is 1.96. The maximum atomic E-state index is 2.21. The zero-order valence-electron chi connectivity index (χ0n) is 10.4. The highest BCUT2D eigenvalue weighted by atomic mass is 32.2. The number of fused-ring (bicyclic) bond motifs is 1. The Kier molecular flexibility index (Phi) is 3.23. The standard InChI is InChI=1S/C16H14S2/c1-11-7-9-13(10-8-11)12(2)16-17-14-5-3-4-6-15(14)18-16/h3-10H,1-2H3. The molecule has 18 heavy (non-hydrogen) atoms. The summed E-state index contributed by atoms with van der Waals surface area (Å²) in [7, 11) is 0. The molecule has 0 radical (unpaired) electrons. The van der Waals surface area contributed by atoms with Gasteiger partial charge in [0.15, 0.2) is 0 Å². The Hall–Kier alpha value is -1.12. The lowest BCUT2D eigenvalue weighted by Gasteiger charge is -2.05. The summed E-state index contributed by atoms with van der Waals surface area (Å²) in [6.07, 6.45) is 0. The third kappa shape index (κ3) is 2.23. The minimum Gasteiger partial charge on any atom is -0.0812 e. The Morgan fingerprint density at radius 2 is 1.39 bits per heavy atom. The average Bonchev–Trinajstić information content (AvgIpc) is 2.82. The highest BCUT2D eigenvalue weighted by molar-refractivity contribution is 8.25. The number of benzene rings is 2. The molecular weight excluding hydrogens is 256 g/mol. The van der Waals surface area contributed by atoms with Crippen LogP contribution in [-0.2, 0) is 0 Å². The fourth-order valence-corrected chi connectivity index (χ4v) is 4.44. The molecule has 0 atom stereocenters. The second-order valence-corrected chi connectivity index (χ2v) is 6.79. The first-order valence-corrected chi connectivity index (χ1v) is 7.60. The van der Waals surface area contributed by atoms with Gasteiger partial charge < -0.3 is 0 Å². The summed E-state index contributed by atoms with van der Waals surface area (Å²) in [5.41, 5.74) is 4.01. The quantitative estimate of drug-likeness (QED) is 0.663. The van der Waals surface area contributed by atoms with Crippen molar-refractivity contribution >= 4 is 29.1 Å². The average molecular weight is 270 g/mol. The van der Waals surface area contributed by atoms with Crippen LogP contribution in [0, 0.1) is 6.92 Å². The topological polar surface area (TPSA) is 0 Å². The lowest BCUT2D eigenvalue weighted by Crippen LogP contribution is -1.81. The first-order valence-electron chi connectivity index (χ1n) is 5.97. The highest BCUT2D eigenvalue weighted by Gasteiger charge is 2.19. The SMILES string of the molecule is CC(=C1Sc2ccccc2S1)c1ccc(C)cc1. The van der Waals surface area contributed by atoms with Crippen molar-refractivity contribution in [2.24, 2.45) is 0 Å². The molecule has 0 nitrogen and oxygen atoms in total. The smallest absolute Gasteiger partial charge is 0.0534 e. The van der Waals surface area contributed by atoms with E-state index in [4.69, 9.17) is 0 Å². The van der Waals surface area contributed by atoms with Gasteiger partial charge in [-0.2, -0.15) is 0 Å². The van der Waals surface area contributed by atoms with Crippen LogP contribution in [0.25, 0.3) is 5.57 Å². The second-order valence-electron chi connectivity index (χ2n) is 4.43. The number of aryl methyl sites for hydroxylation is 1. The predicted octanol–water partition coefficient (Wildman–Crippen LogP) is 5.58. The van der Waals surface area contributed by atoms with E-state index in [-0.39, 0.29) is 0 Å². The fraction of sp³-hybridized carbons (Fsp3) is 0.125. The third-order valence-corrected chi connectivity index (χ3v) is 5.81. The van der Waals surface area contributed by atoms with Crippen LogP contribution in [0.2, 0.25) is 0 Å². The predicted molar refractivity (Wildman–Crippen MR) is 81.9 cm³/mol. The number of hydrogen-bond donors (Lipinski definition) is 0. The van der Waals surface area contributed by atoms with Crippen molar-refractivity contribution in [1.29, 1.82) is 0 Å². The lowest BCUT2D eigenvalue weighted by molar-refractivity contribution is 1.27. The largest absolute Gasteiger partial charge is 0.0812 e. The van der Waals surface area contributed by atoms with Crippen molar-refractivity contribution in [1.82, 2.24) is 0 Å². The van der Waals surface area contributed by atoms with Gasteiger partial charge in [-0.05, 0) is 37.1 Å². The Morgan fingerprint density at radius 1 is 0.833 bits per heavy atom. The summed E-state index contributed by atoms with van der Waals surface area (Å²) in [5.74, 6) is 0. The van der Waals surface area contributed by atoms with E-state index in [0.29, 0.717) is 0 Å². The summed E-state index contributed by atoms with van der Waals surface area (Å²) in [4.78, 5) is 2.76. The first kappa shape index (κ1) is 11.9. The summed E-state index contributed by atoms with van der Waals surface area (Å²) in [6.45, 7) is 4.34. The van der Waals surface area contributed by atoms with Crippen molar-refractivity contribution in [3.63, 3.8) is 0 Å². The van der Waals surface area contributed by atoms with Gasteiger partial charge in [-0.15, -0.1) is 0 Å². The molecule has 2 heteroatoms. The molecule has 2 aromatic rings. The van der Waals surface area contributed by atoms with Gasteiger partial charge in [0.2, 0.25) is 0 Å². The minimum atomic E-state index is 1.31. The molecule has 90 valence electrons. The monoisotopic (exact) mass is 270 g/mol. The van der Waals surface area contributed by atoms with Crippen LogP contribution in [-0.4, -0.2) is 0 Å². The van der Waals surface area contributed by atoms with Crippen LogP contribution in [0.1, 0.15) is 18.1 Å². The van der Waals surface area contributed by atoms with E-state index < -0.39 is 0 Å². The molecule has 1 aliphatic heterocycles. The minimum absolute atomic E-state index is 1.31. The van der Waals surface area contributed by atoms with E-state index >= 15 is 0 Å². The molecule has 0 fully saturated rings. The van der Waals surface area contributed by atoms with Crippen LogP contribution in [0.3, 0.4) is 0 Å². The maximum absolute atomic E-state index is 2.21. The Labute approximate surface area is 116 Å². The van der Waals surface area contributed by atoms with Crippen LogP contribution < -0.4 is 0 Å². The molecule has 0 spiro atoms. The summed E-state index contributed by atoms with van der Waals surface area (Å²) in [5, 5.41) is 0. The van der Waals surface area contributed by atoms with Gasteiger partial charge in [0.05, 0.1) is 4.24 Å². The number of allylic oxidation sites excluding steroid dienone is 1. The maximum Gasteiger partial charge on any atom is 0.0534 e. The molecule has 3 rings (SSSR count). The molecule has 0 saturated carbocycles. The molecule has 0 bridgehead atoms. The van der Waals surface area contributed by atoms with Crippen molar-refractivity contribution in [2.45, 2.75) is 23.6 Å². The van der Waals surface area contributed by atoms with Crippen molar-refractivity contribution in [2.75, 3.05) is 0 Å². The Bertz CT molecular complexity index is 582. The third-order valence-electron chi connectivity index (χ3n) is 3.05. The molecule has 1 aliphatic rings. The van der Waals surface area contributed by atoms with E-state index in [1.807, 2.05) is 23.5 Å². The van der Waals surface area contributed by atoms with Gasteiger partial charge >= 0.3 is 0 Å². The van der Waals surface area contributed by atoms with Crippen molar-refractivity contribution in [3.05, 3.63) is 63.9 Å². The summed E-state index contributed by atoms with van der Waals surface area (Å²) >= 11 is 3.77. The van der Waals surface area contributed by atoms with Crippen LogP contribution in [0.4, 0.5) is 0 Å². The van der Waals surface area contributed by atoms with Crippen LogP contribution in [0.5, 0.6) is 0 Å². The molecule has 0 aliphatic carbocycles. The number of thioether (sulfide) groups is 2. The van der Waals surface area contributed by atoms with Crippen molar-refractivity contribution in [3.8, 4) is 0 Å². The zero-order valence-corrected chi connectivity index (χ0v) is 12.1. The number of rotatable bonds is 1. The molecule has 0 unspecified atom stereocenters. The first-order chi connectivity index (χ1) is 8.74. The van der Waals surface area contributed by atoms with E-state index in [1.165, 1.54) is 30.7 Å². The molecule has 0 amide bonds. The van der Waals surface area contributed by atoms with E-state index in [2.05, 4.69) is 62.4 Å². The Morgan fingerprint density at radius 3 is 1.94 bits per heavy atom. The van der Waals surface area contributed by atoms with Crippen LogP contribution >= 0.6 is 23.5 Å². The number of hydrogen-bond acceptors (Lipinski definition) is 2. The van der Waals surface area contributed by atoms with E-state index in [0.717, 1.165) is 0 Å². The summed E-state index contributed by atoms with van der Waals surface area (Å²) in [6, 6.07) is 17.4. The van der Waals surface area contributed by atoms with Gasteiger partial charge in [0.1, 0.15) is 0 Å². The molecular formula is C16H14S2. The summed E-state index contributed by atoms with van der Waals surface area (Å²) < 4.78 is 1.40. The lowest BCUT2D eigenvalue weighted by atomic mass is 10.1. The fourth-order valence-electron chi connectivity index (χ4n) is 1.91. The normalized spacial score (nSPS) is 13.6.